The first-order valence-corrected chi connectivity index (χ1v) is 7.84. The summed E-state index contributed by atoms with van der Waals surface area (Å²) in [5, 5.41) is 3.85. The fraction of sp³-hybridized carbons (Fsp3) is 0.533. The molecule has 5 nitrogen and oxygen atoms in total. The average molecular weight is 309 g/mol. The van der Waals surface area contributed by atoms with Gasteiger partial charge in [0.1, 0.15) is 13.1 Å². The topological polar surface area (TPSA) is 49.8 Å². The number of hydrogen-bond acceptors (Lipinski definition) is 3. The minimum absolute atomic E-state index is 0.627. The number of hydrogen-bond donors (Lipinski definition) is 4. The molecule has 2 rings (SSSR count). The molecular weight excluding hydrogens is 284 g/mol. The van der Waals surface area contributed by atoms with Crippen molar-refractivity contribution in [2.75, 3.05) is 44.8 Å². The van der Waals surface area contributed by atoms with Gasteiger partial charge in [0.25, 0.3) is 0 Å². The summed E-state index contributed by atoms with van der Waals surface area (Å²) >= 11 is 5.27. The van der Waals surface area contributed by atoms with Gasteiger partial charge in [0.2, 0.25) is 0 Å². The number of benzene rings is 1. The molecule has 0 radical (unpaired) electrons. The van der Waals surface area contributed by atoms with E-state index in [9.17, 15) is 0 Å². The zero-order valence-electron chi connectivity index (χ0n) is 12.8. The number of ether oxygens (including phenoxy) is 1. The number of hydrazine groups is 1. The van der Waals surface area contributed by atoms with E-state index in [0.717, 1.165) is 45.1 Å². The van der Waals surface area contributed by atoms with Crippen molar-refractivity contribution in [3.05, 3.63) is 29.3 Å². The molecule has 0 amide bonds. The van der Waals surface area contributed by atoms with Crippen LogP contribution in [-0.4, -0.2) is 44.5 Å². The monoisotopic (exact) mass is 309 g/mol. The highest BCUT2D eigenvalue weighted by atomic mass is 32.1. The number of anilines is 1. The summed E-state index contributed by atoms with van der Waals surface area (Å²) in [6.07, 6.45) is 0. The Bertz CT molecular complexity index is 475. The van der Waals surface area contributed by atoms with E-state index in [4.69, 9.17) is 17.0 Å². The van der Waals surface area contributed by atoms with E-state index in [0.29, 0.717) is 5.11 Å². The summed E-state index contributed by atoms with van der Waals surface area (Å²) in [5.74, 6) is 0. The highest BCUT2D eigenvalue weighted by Crippen LogP contribution is 2.14. The third kappa shape index (κ3) is 5.49. The van der Waals surface area contributed by atoms with Crippen molar-refractivity contribution in [2.45, 2.75) is 13.8 Å². The lowest BCUT2D eigenvalue weighted by atomic mass is 10.1. The molecule has 0 bridgehead atoms. The minimum atomic E-state index is 0.627. The fourth-order valence-corrected chi connectivity index (χ4v) is 2.54. The summed E-state index contributed by atoms with van der Waals surface area (Å²) in [7, 11) is 0. The van der Waals surface area contributed by atoms with Crippen LogP contribution < -0.4 is 21.1 Å². The number of rotatable bonds is 5. The first-order chi connectivity index (χ1) is 10.1. The summed E-state index contributed by atoms with van der Waals surface area (Å²) in [6, 6.07) is 6.27. The second kappa shape index (κ2) is 8.17. The van der Waals surface area contributed by atoms with Gasteiger partial charge in [-0.1, -0.05) is 17.7 Å². The largest absolute Gasteiger partial charge is 0.370 e. The van der Waals surface area contributed by atoms with E-state index in [-0.39, 0.29) is 0 Å². The van der Waals surface area contributed by atoms with Gasteiger partial charge in [0.05, 0.1) is 32.0 Å². The molecule has 0 aromatic heterocycles. The number of thiocarbonyl (C=S) groups is 1. The molecule has 1 fully saturated rings. The van der Waals surface area contributed by atoms with Gasteiger partial charge in [-0.2, -0.15) is 0 Å². The Kier molecular flexibility index (Phi) is 6.22. The van der Waals surface area contributed by atoms with Crippen LogP contribution in [0.2, 0.25) is 0 Å². The zero-order valence-corrected chi connectivity index (χ0v) is 13.6. The highest BCUT2D eigenvalue weighted by Gasteiger charge is 2.12. The lowest BCUT2D eigenvalue weighted by Crippen LogP contribution is -3.14. The second-order valence-electron chi connectivity index (χ2n) is 5.44. The van der Waals surface area contributed by atoms with E-state index >= 15 is 0 Å². The van der Waals surface area contributed by atoms with E-state index < -0.39 is 0 Å². The molecule has 6 heteroatoms. The van der Waals surface area contributed by atoms with Crippen molar-refractivity contribution < 1.29 is 9.64 Å². The van der Waals surface area contributed by atoms with Gasteiger partial charge in [-0.15, -0.1) is 0 Å². The van der Waals surface area contributed by atoms with Gasteiger partial charge in [-0.05, 0) is 37.7 Å². The Morgan fingerprint density at radius 2 is 2.05 bits per heavy atom. The van der Waals surface area contributed by atoms with Crippen LogP contribution >= 0.6 is 12.2 Å². The molecule has 0 spiro atoms. The fourth-order valence-electron chi connectivity index (χ4n) is 2.39. The zero-order chi connectivity index (χ0) is 15.1. The third-order valence-electron chi connectivity index (χ3n) is 3.66. The van der Waals surface area contributed by atoms with Gasteiger partial charge >= 0.3 is 0 Å². The van der Waals surface area contributed by atoms with E-state index in [1.54, 1.807) is 4.90 Å². The van der Waals surface area contributed by atoms with Crippen LogP contribution in [-0.2, 0) is 4.74 Å². The molecule has 1 heterocycles. The quantitative estimate of drug-likeness (QED) is 0.456. The van der Waals surface area contributed by atoms with Crippen molar-refractivity contribution in [1.29, 1.82) is 0 Å². The van der Waals surface area contributed by atoms with Crippen molar-refractivity contribution in [1.82, 2.24) is 10.7 Å². The molecule has 21 heavy (non-hydrogen) atoms. The number of aryl methyl sites for hydroxylation is 2. The SMILES string of the molecule is Cc1ccc(NNC(=S)NCC[NH+]2CCOCC2)c(C)c1. The van der Waals surface area contributed by atoms with Crippen LogP contribution in [0, 0.1) is 13.8 Å². The maximum Gasteiger partial charge on any atom is 0.185 e. The van der Waals surface area contributed by atoms with Gasteiger partial charge < -0.3 is 15.0 Å². The second-order valence-corrected chi connectivity index (χ2v) is 5.84. The third-order valence-corrected chi connectivity index (χ3v) is 3.90. The van der Waals surface area contributed by atoms with Crippen LogP contribution in [0.15, 0.2) is 18.2 Å². The van der Waals surface area contributed by atoms with Crippen molar-refractivity contribution in [2.24, 2.45) is 0 Å². The maximum absolute atomic E-state index is 5.34. The Balaban J connectivity index is 1.65. The van der Waals surface area contributed by atoms with E-state index in [1.165, 1.54) is 11.1 Å². The van der Waals surface area contributed by atoms with Crippen LogP contribution in [0.1, 0.15) is 11.1 Å². The van der Waals surface area contributed by atoms with Gasteiger partial charge in [-0.3, -0.25) is 10.9 Å². The normalized spacial score (nSPS) is 15.5. The summed E-state index contributed by atoms with van der Waals surface area (Å²) in [4.78, 5) is 1.57. The molecular formula is C15H25N4OS+. The number of quaternary nitrogens is 1. The molecule has 0 saturated carbocycles. The standard InChI is InChI=1S/C15H24N4OS/c1-12-3-4-14(13(2)11-12)17-18-15(21)16-5-6-19-7-9-20-10-8-19/h3-4,11,17H,5-10H2,1-2H3,(H2,16,18,21)/p+1. The Labute approximate surface area is 132 Å². The first-order valence-electron chi connectivity index (χ1n) is 7.43. The molecule has 116 valence electrons. The van der Waals surface area contributed by atoms with Crippen LogP contribution in [0.4, 0.5) is 5.69 Å². The molecule has 1 saturated heterocycles. The van der Waals surface area contributed by atoms with Gasteiger partial charge in [0.15, 0.2) is 5.11 Å². The number of nitrogens with one attached hydrogen (secondary N) is 4. The van der Waals surface area contributed by atoms with Gasteiger partial charge in [-0.25, -0.2) is 0 Å². The van der Waals surface area contributed by atoms with E-state index in [1.807, 2.05) is 0 Å². The molecule has 4 N–H and O–H groups in total. The highest BCUT2D eigenvalue weighted by molar-refractivity contribution is 7.80. The van der Waals surface area contributed by atoms with Crippen molar-refractivity contribution >= 4 is 23.0 Å². The minimum Gasteiger partial charge on any atom is -0.370 e. The average Bonchev–Trinajstić information content (AvgIpc) is 2.47. The molecule has 1 aliphatic heterocycles. The molecule has 0 unspecified atom stereocenters. The maximum atomic E-state index is 5.34. The predicted molar refractivity (Wildman–Crippen MR) is 89.7 cm³/mol. The molecule has 1 aromatic rings. The van der Waals surface area contributed by atoms with Crippen molar-refractivity contribution in [3.8, 4) is 0 Å². The molecule has 0 atom stereocenters. The lowest BCUT2D eigenvalue weighted by Gasteiger charge is -2.24. The molecule has 0 aliphatic carbocycles. The summed E-state index contributed by atoms with van der Waals surface area (Å²) in [6.45, 7) is 10.0. The number of morpholine rings is 1. The molecule has 1 aliphatic rings. The summed E-state index contributed by atoms with van der Waals surface area (Å²) < 4.78 is 5.34. The Hall–Kier alpha value is -1.37. The Morgan fingerprint density at radius 3 is 2.76 bits per heavy atom. The predicted octanol–water partition coefficient (Wildman–Crippen LogP) is 0.00954. The van der Waals surface area contributed by atoms with Gasteiger partial charge in [0, 0.05) is 0 Å². The van der Waals surface area contributed by atoms with Crippen LogP contribution in [0.5, 0.6) is 0 Å². The van der Waals surface area contributed by atoms with Crippen LogP contribution in [0.3, 0.4) is 0 Å². The van der Waals surface area contributed by atoms with E-state index in [2.05, 4.69) is 48.2 Å². The van der Waals surface area contributed by atoms with Crippen LogP contribution in [0.25, 0.3) is 0 Å². The van der Waals surface area contributed by atoms with Crippen molar-refractivity contribution in [3.63, 3.8) is 0 Å². The lowest BCUT2D eigenvalue weighted by molar-refractivity contribution is -0.906. The smallest absolute Gasteiger partial charge is 0.185 e. The Morgan fingerprint density at radius 1 is 1.29 bits per heavy atom. The summed E-state index contributed by atoms with van der Waals surface area (Å²) in [5.41, 5.74) is 9.68. The first kappa shape index (κ1) is 16.0. The molecule has 1 aromatic carbocycles.